The number of nitrogens with two attached hydrogens (primary N) is 1. The summed E-state index contributed by atoms with van der Waals surface area (Å²) < 4.78 is 19.9. The van der Waals surface area contributed by atoms with Gasteiger partial charge in [-0.15, -0.1) is 0 Å². The summed E-state index contributed by atoms with van der Waals surface area (Å²) in [5.74, 6) is 0.149. The van der Waals surface area contributed by atoms with Gasteiger partial charge in [0.05, 0.1) is 24.2 Å². The smallest absolute Gasteiger partial charge is 0.339 e. The number of carbonyl (C=O) groups is 3. The summed E-state index contributed by atoms with van der Waals surface area (Å²) in [6.45, 7) is 4.14. The van der Waals surface area contributed by atoms with Crippen LogP contribution in [0, 0.1) is 23.7 Å². The Hall–Kier alpha value is -4.06. The molecule has 1 aromatic heterocycles. The normalized spacial score (nSPS) is 31.2. The van der Waals surface area contributed by atoms with Gasteiger partial charge in [0.25, 0.3) is 0 Å². The van der Waals surface area contributed by atoms with Crippen LogP contribution in [0.2, 0.25) is 0 Å². The highest BCUT2D eigenvalue weighted by atomic mass is 33.1. The van der Waals surface area contributed by atoms with Gasteiger partial charge in [0.15, 0.2) is 11.2 Å². The molecule has 7 N–H and O–H groups in total. The fourth-order valence-corrected chi connectivity index (χ4v) is 14.1. The molecule has 0 radical (unpaired) electrons. The highest BCUT2D eigenvalue weighted by molar-refractivity contribution is 8.77. The first-order valence-electron chi connectivity index (χ1n) is 21.7. The molecule has 1 saturated heterocycles. The Morgan fingerprint density at radius 2 is 2.03 bits per heavy atom. The van der Waals surface area contributed by atoms with Crippen molar-refractivity contribution in [2.24, 2.45) is 29.4 Å². The minimum absolute atomic E-state index is 0.00280. The van der Waals surface area contributed by atoms with E-state index in [-0.39, 0.29) is 86.5 Å². The number of amides is 1. The van der Waals surface area contributed by atoms with Crippen molar-refractivity contribution in [2.75, 3.05) is 45.7 Å². The number of benzene rings is 1. The molecule has 1 amide bonds. The first kappa shape index (κ1) is 44.5. The lowest BCUT2D eigenvalue weighted by Crippen LogP contribution is -2.71. The first-order chi connectivity index (χ1) is 29.9. The summed E-state index contributed by atoms with van der Waals surface area (Å²) in [7, 11) is 5.32. The van der Waals surface area contributed by atoms with Crippen molar-refractivity contribution in [1.29, 1.82) is 0 Å². The number of fused-ring (bicyclic) bond motifs is 5. The molecule has 6 aliphatic rings. The number of carbonyl (C=O) groups excluding carboxylic acids is 3. The van der Waals surface area contributed by atoms with E-state index in [0.29, 0.717) is 78.2 Å². The van der Waals surface area contributed by atoms with E-state index in [9.17, 15) is 34.5 Å². The lowest BCUT2D eigenvalue weighted by Gasteiger charge is -2.58. The quantitative estimate of drug-likeness (QED) is 0.0450. The average Bonchev–Trinajstić information content (AvgIpc) is 3.61. The molecular weight excluding hydrogens is 833 g/mol. The number of dihydropyridines is 1. The van der Waals surface area contributed by atoms with Crippen molar-refractivity contribution in [1.82, 2.24) is 15.5 Å². The summed E-state index contributed by atoms with van der Waals surface area (Å²) >= 11 is 0. The Kier molecular flexibility index (Phi) is 13.1. The second-order valence-corrected chi connectivity index (χ2v) is 20.4. The summed E-state index contributed by atoms with van der Waals surface area (Å²) in [4.78, 5) is 56.4. The van der Waals surface area contributed by atoms with Crippen LogP contribution in [0.1, 0.15) is 63.5 Å². The maximum absolute atomic E-state index is 14.5. The van der Waals surface area contributed by atoms with Crippen molar-refractivity contribution in [3.8, 4) is 5.75 Å². The molecule has 0 bridgehead atoms. The molecule has 62 heavy (non-hydrogen) atoms. The van der Waals surface area contributed by atoms with Crippen LogP contribution in [0.15, 0.2) is 73.8 Å². The van der Waals surface area contributed by atoms with Crippen LogP contribution in [0.4, 0.5) is 0 Å². The highest BCUT2D eigenvalue weighted by Gasteiger charge is 2.64. The van der Waals surface area contributed by atoms with Crippen molar-refractivity contribution >= 4 is 50.7 Å². The standard InChI is InChI=1S/C46H58N4O10S2/c1-4-26(8-11-52)44(57)60-45(2)9-7-27-24-61-62-37-15-32(23-54)41(48-3)34-21-50(42(34)37)39(55)16-31-20-49-38(47)17-33(31)40(27)46(45)19-30-14-28-13-29(12-25(22-53)6-5-10-51)43(56)58-35(28)18-36(30)59-46/h4,7,13-14,17-18,23,25,32,34,37,40-42,48-49,51-53H,5-6,8-12,15-16,19-22,24,47H2,1-3H3/b26-4+/t25-,32-,34-,37-,40-,41+,42-,45-,46-/m1/s1. The molecule has 14 nitrogen and oxygen atoms in total. The van der Waals surface area contributed by atoms with Crippen molar-refractivity contribution in [2.45, 2.75) is 93.7 Å². The van der Waals surface area contributed by atoms with E-state index < -0.39 is 28.7 Å². The fourth-order valence-electron chi connectivity index (χ4n) is 10.9. The Labute approximate surface area is 369 Å². The zero-order valence-corrected chi connectivity index (χ0v) is 37.2. The molecule has 1 saturated carbocycles. The number of ether oxygens (including phenoxy) is 2. The van der Waals surface area contributed by atoms with Gasteiger partial charge in [-0.2, -0.15) is 0 Å². The van der Waals surface area contributed by atoms with Gasteiger partial charge in [-0.1, -0.05) is 39.3 Å². The van der Waals surface area contributed by atoms with E-state index in [2.05, 4.69) is 16.7 Å². The lowest BCUT2D eigenvalue weighted by molar-refractivity contribution is -0.186. The van der Waals surface area contributed by atoms with Gasteiger partial charge in [-0.05, 0) is 87.4 Å². The molecule has 1 spiro atoms. The maximum atomic E-state index is 14.5. The SMILES string of the molecule is C/C=C(\CCO)C(=O)O[C@]1(C)CC=C2CSS[C@@H]3C[C@H](C=O)[C@H](NC)[C@H]4CN(C(=O)CC5=C(C=C(N)NC5)[C@@H]2[C@]12Cc1cc5cc(C[C@H](CO)CCCO)c(=O)oc5cc1O2)[C@H]43. The van der Waals surface area contributed by atoms with Crippen LogP contribution in [0.5, 0.6) is 5.75 Å². The number of hydrogen-bond donors (Lipinski definition) is 6. The van der Waals surface area contributed by atoms with Gasteiger partial charge >= 0.3 is 11.6 Å². The van der Waals surface area contributed by atoms with Gasteiger partial charge in [-0.25, -0.2) is 9.59 Å². The van der Waals surface area contributed by atoms with Gasteiger partial charge in [-0.3, -0.25) is 4.79 Å². The summed E-state index contributed by atoms with van der Waals surface area (Å²) in [5, 5.41) is 36.7. The van der Waals surface area contributed by atoms with Crippen LogP contribution in [-0.2, 0) is 32.0 Å². The lowest BCUT2D eigenvalue weighted by atomic mass is 9.61. The number of rotatable bonds is 12. The first-order valence-corrected chi connectivity index (χ1v) is 24.1. The third-order valence-corrected chi connectivity index (χ3v) is 17.0. The number of nitrogens with one attached hydrogen (secondary N) is 2. The van der Waals surface area contributed by atoms with Crippen molar-refractivity contribution < 1.29 is 43.6 Å². The van der Waals surface area contributed by atoms with E-state index in [1.165, 1.54) is 0 Å². The van der Waals surface area contributed by atoms with Gasteiger partial charge in [0.1, 0.15) is 17.6 Å². The number of hydrogen-bond acceptors (Lipinski definition) is 15. The molecular formula is C46H58N4O10S2. The molecule has 2 aliphatic carbocycles. The summed E-state index contributed by atoms with van der Waals surface area (Å²) in [5.41, 5.74) is 8.10. The average molecular weight is 891 g/mol. The molecule has 334 valence electrons. The highest BCUT2D eigenvalue weighted by Crippen LogP contribution is 2.58. The predicted molar refractivity (Wildman–Crippen MR) is 238 cm³/mol. The molecule has 2 aromatic rings. The number of nitrogens with zero attached hydrogens (tertiary/aromatic N) is 1. The number of aliphatic hydroxyl groups is 3. The monoisotopic (exact) mass is 890 g/mol. The Balaban J connectivity index is 1.25. The molecule has 2 fully saturated rings. The van der Waals surface area contributed by atoms with Crippen molar-refractivity contribution in [3.05, 3.63) is 86.1 Å². The molecule has 5 heterocycles. The van der Waals surface area contributed by atoms with E-state index in [1.807, 2.05) is 31.0 Å². The van der Waals surface area contributed by atoms with E-state index in [4.69, 9.17) is 19.6 Å². The van der Waals surface area contributed by atoms with Crippen molar-refractivity contribution in [3.63, 3.8) is 0 Å². The minimum atomic E-state index is -1.30. The number of allylic oxidation sites excluding steroid dienone is 2. The second-order valence-electron chi connectivity index (χ2n) is 17.8. The zero-order chi connectivity index (χ0) is 43.9. The molecule has 8 rings (SSSR count). The fraction of sp³-hybridized carbons (Fsp3) is 0.565. The zero-order valence-electron chi connectivity index (χ0n) is 35.5. The Morgan fingerprint density at radius 3 is 2.76 bits per heavy atom. The van der Waals surface area contributed by atoms with Gasteiger partial charge < -0.3 is 55.3 Å². The summed E-state index contributed by atoms with van der Waals surface area (Å²) in [6, 6.07) is 5.47. The van der Waals surface area contributed by atoms with E-state index in [0.717, 1.165) is 28.6 Å². The maximum Gasteiger partial charge on any atom is 0.339 e. The van der Waals surface area contributed by atoms with Gasteiger partial charge in [0.2, 0.25) is 5.91 Å². The Morgan fingerprint density at radius 1 is 1.21 bits per heavy atom. The largest absolute Gasteiger partial charge is 0.481 e. The molecule has 9 atom stereocenters. The van der Waals surface area contributed by atoms with Crippen LogP contribution in [0.25, 0.3) is 11.0 Å². The van der Waals surface area contributed by atoms with E-state index in [1.54, 1.807) is 46.7 Å². The third-order valence-electron chi connectivity index (χ3n) is 14.2. The minimum Gasteiger partial charge on any atom is -0.481 e. The van der Waals surface area contributed by atoms with Crippen LogP contribution < -0.4 is 26.7 Å². The van der Waals surface area contributed by atoms with Crippen LogP contribution in [-0.4, -0.2) is 113 Å². The van der Waals surface area contributed by atoms with Crippen LogP contribution in [0.3, 0.4) is 0 Å². The topological polar surface area (TPSA) is 214 Å². The molecule has 0 unspecified atom stereocenters. The summed E-state index contributed by atoms with van der Waals surface area (Å²) in [6.07, 6.45) is 9.57. The molecule has 16 heteroatoms. The Bertz CT molecular complexity index is 2290. The number of aliphatic hydroxyl groups excluding tert-OH is 3. The third kappa shape index (κ3) is 7.93. The van der Waals surface area contributed by atoms with Gasteiger partial charge in [0, 0.05) is 104 Å². The number of aldehydes is 1. The predicted octanol–water partition coefficient (Wildman–Crippen LogP) is 3.45. The van der Waals surface area contributed by atoms with E-state index >= 15 is 0 Å². The second kappa shape index (κ2) is 18.2. The molecule has 4 aliphatic heterocycles. The number of esters is 1. The molecule has 1 aromatic carbocycles. The van der Waals surface area contributed by atoms with Crippen LogP contribution >= 0.6 is 21.6 Å².